The first-order chi connectivity index (χ1) is 13.3. The fourth-order valence-electron chi connectivity index (χ4n) is 3.11. The topological polar surface area (TPSA) is 63.4 Å². The van der Waals surface area contributed by atoms with E-state index >= 15 is 0 Å². The van der Waals surface area contributed by atoms with E-state index in [4.69, 9.17) is 5.73 Å². The first kappa shape index (κ1) is 19.5. The van der Waals surface area contributed by atoms with Crippen LogP contribution in [0.4, 0.5) is 13.2 Å². The third-order valence-corrected chi connectivity index (χ3v) is 4.60. The zero-order valence-electron chi connectivity index (χ0n) is 14.8. The van der Waals surface area contributed by atoms with Crippen LogP contribution in [0.1, 0.15) is 17.5 Å². The molecule has 0 bridgehead atoms. The van der Waals surface area contributed by atoms with E-state index < -0.39 is 29.5 Å². The number of nitrogens with zero attached hydrogens (tertiary/aromatic N) is 1. The van der Waals surface area contributed by atoms with Crippen LogP contribution in [0.2, 0.25) is 0 Å². The van der Waals surface area contributed by atoms with Crippen molar-refractivity contribution < 1.29 is 22.8 Å². The number of carbonyl (C=O) groups excluding carboxylic acids is 2. The Balaban J connectivity index is 1.86. The van der Waals surface area contributed by atoms with Gasteiger partial charge in [0.25, 0.3) is 5.91 Å². The summed E-state index contributed by atoms with van der Waals surface area (Å²) < 4.78 is 40.5. The third-order valence-electron chi connectivity index (χ3n) is 4.60. The van der Waals surface area contributed by atoms with Gasteiger partial charge in [-0.25, -0.2) is 0 Å². The number of hydrogen-bond acceptors (Lipinski definition) is 2. The van der Waals surface area contributed by atoms with E-state index in [-0.39, 0.29) is 17.7 Å². The SMILES string of the molecule is NC(=O)C1CCN(C(=O)C#Cc2ccc(-c3ccccc3)c(C(F)(F)F)c2)C1. The molecule has 2 aromatic rings. The van der Waals surface area contributed by atoms with Crippen LogP contribution in [0, 0.1) is 17.8 Å². The molecule has 7 heteroatoms. The minimum atomic E-state index is -4.56. The van der Waals surface area contributed by atoms with Crippen LogP contribution in [-0.4, -0.2) is 29.8 Å². The molecule has 1 unspecified atom stereocenters. The Morgan fingerprint density at radius 3 is 2.43 bits per heavy atom. The van der Waals surface area contributed by atoms with Crippen molar-refractivity contribution in [2.45, 2.75) is 12.6 Å². The van der Waals surface area contributed by atoms with Crippen LogP contribution < -0.4 is 5.73 Å². The highest BCUT2D eigenvalue weighted by molar-refractivity contribution is 5.95. The van der Waals surface area contributed by atoms with E-state index in [1.807, 2.05) is 0 Å². The smallest absolute Gasteiger partial charge is 0.369 e. The summed E-state index contributed by atoms with van der Waals surface area (Å²) in [4.78, 5) is 24.7. The summed E-state index contributed by atoms with van der Waals surface area (Å²) in [5, 5.41) is 0. The van der Waals surface area contributed by atoms with Crippen LogP contribution in [-0.2, 0) is 15.8 Å². The molecule has 0 aromatic heterocycles. The number of alkyl halides is 3. The molecular weight excluding hydrogens is 369 g/mol. The molecule has 0 saturated carbocycles. The second-order valence-electron chi connectivity index (χ2n) is 6.51. The Hall–Kier alpha value is -3.27. The lowest BCUT2D eigenvalue weighted by molar-refractivity contribution is -0.137. The molecule has 1 fully saturated rings. The molecule has 0 spiro atoms. The van der Waals surface area contributed by atoms with Gasteiger partial charge in [0.05, 0.1) is 11.5 Å². The number of likely N-dealkylation sites (tertiary alicyclic amines) is 1. The molecule has 2 aromatic carbocycles. The molecule has 1 heterocycles. The Kier molecular flexibility index (Phi) is 5.41. The van der Waals surface area contributed by atoms with E-state index in [0.717, 1.165) is 6.07 Å². The highest BCUT2D eigenvalue weighted by Crippen LogP contribution is 2.37. The van der Waals surface area contributed by atoms with Crippen LogP contribution in [0.5, 0.6) is 0 Å². The standard InChI is InChI=1S/C21H17F3N2O2/c22-21(23,24)18-12-14(6-8-17(18)15-4-2-1-3-5-15)7-9-19(27)26-11-10-16(13-26)20(25)28/h1-6,8,12,16H,10-11,13H2,(H2,25,28). The van der Waals surface area contributed by atoms with Crippen LogP contribution in [0.3, 0.4) is 0 Å². The summed E-state index contributed by atoms with van der Waals surface area (Å²) in [6.45, 7) is 0.533. The van der Waals surface area contributed by atoms with E-state index in [2.05, 4.69) is 11.8 Å². The lowest BCUT2D eigenvalue weighted by Crippen LogP contribution is -2.30. The number of halogens is 3. The first-order valence-electron chi connectivity index (χ1n) is 8.62. The van der Waals surface area contributed by atoms with Crippen molar-refractivity contribution in [2.24, 2.45) is 11.7 Å². The number of carbonyl (C=O) groups is 2. The highest BCUT2D eigenvalue weighted by Gasteiger charge is 2.34. The van der Waals surface area contributed by atoms with Gasteiger partial charge in [0.1, 0.15) is 0 Å². The third kappa shape index (κ3) is 4.34. The van der Waals surface area contributed by atoms with Crippen molar-refractivity contribution in [3.05, 3.63) is 59.7 Å². The molecule has 1 atom stereocenters. The highest BCUT2D eigenvalue weighted by atomic mass is 19.4. The van der Waals surface area contributed by atoms with Gasteiger partial charge >= 0.3 is 6.18 Å². The van der Waals surface area contributed by atoms with Gasteiger partial charge in [-0.15, -0.1) is 0 Å². The van der Waals surface area contributed by atoms with Gasteiger partial charge in [-0.2, -0.15) is 13.2 Å². The van der Waals surface area contributed by atoms with Gasteiger partial charge in [-0.3, -0.25) is 9.59 Å². The van der Waals surface area contributed by atoms with Crippen molar-refractivity contribution in [3.8, 4) is 23.0 Å². The van der Waals surface area contributed by atoms with Gasteiger partial charge in [0.15, 0.2) is 0 Å². The van der Waals surface area contributed by atoms with Gasteiger partial charge in [-0.1, -0.05) is 42.3 Å². The largest absolute Gasteiger partial charge is 0.417 e. The number of rotatable bonds is 2. The molecule has 144 valence electrons. The van der Waals surface area contributed by atoms with Gasteiger partial charge in [0, 0.05) is 24.6 Å². The lowest BCUT2D eigenvalue weighted by Gasteiger charge is -2.14. The van der Waals surface area contributed by atoms with Crippen molar-refractivity contribution >= 4 is 11.8 Å². The minimum Gasteiger partial charge on any atom is -0.369 e. The van der Waals surface area contributed by atoms with E-state index in [1.54, 1.807) is 30.3 Å². The maximum atomic E-state index is 13.5. The minimum absolute atomic E-state index is 0.0498. The molecule has 0 radical (unpaired) electrons. The van der Waals surface area contributed by atoms with Crippen LogP contribution >= 0.6 is 0 Å². The summed E-state index contributed by atoms with van der Waals surface area (Å²) in [5.41, 5.74) is 5.00. The van der Waals surface area contributed by atoms with Crippen molar-refractivity contribution in [1.82, 2.24) is 4.90 Å². The second-order valence-corrected chi connectivity index (χ2v) is 6.51. The molecule has 2 amide bonds. The molecular formula is C21H17F3N2O2. The Labute approximate surface area is 160 Å². The van der Waals surface area contributed by atoms with Gasteiger partial charge in [0.2, 0.25) is 5.91 Å². The average molecular weight is 386 g/mol. The number of nitrogens with two attached hydrogens (primary N) is 1. The lowest BCUT2D eigenvalue weighted by atomic mass is 9.97. The zero-order valence-corrected chi connectivity index (χ0v) is 14.8. The normalized spacial score (nSPS) is 16.4. The first-order valence-corrected chi connectivity index (χ1v) is 8.62. The summed E-state index contributed by atoms with van der Waals surface area (Å²) in [7, 11) is 0. The van der Waals surface area contributed by atoms with Crippen molar-refractivity contribution in [3.63, 3.8) is 0 Å². The zero-order chi connectivity index (χ0) is 20.3. The summed E-state index contributed by atoms with van der Waals surface area (Å²) in [6, 6.07) is 12.0. The number of benzene rings is 2. The van der Waals surface area contributed by atoms with Crippen molar-refractivity contribution in [2.75, 3.05) is 13.1 Å². The summed E-state index contributed by atoms with van der Waals surface area (Å²) >= 11 is 0. The van der Waals surface area contributed by atoms with E-state index in [1.165, 1.54) is 17.0 Å². The Morgan fingerprint density at radius 2 is 1.82 bits per heavy atom. The molecule has 4 nitrogen and oxygen atoms in total. The monoisotopic (exact) mass is 386 g/mol. The van der Waals surface area contributed by atoms with Crippen LogP contribution in [0.15, 0.2) is 48.5 Å². The molecule has 1 aliphatic heterocycles. The molecule has 2 N–H and O–H groups in total. The van der Waals surface area contributed by atoms with E-state index in [0.29, 0.717) is 18.5 Å². The second kappa shape index (κ2) is 7.77. The fourth-order valence-corrected chi connectivity index (χ4v) is 3.11. The number of amides is 2. The molecule has 3 rings (SSSR count). The Bertz CT molecular complexity index is 959. The Morgan fingerprint density at radius 1 is 1.11 bits per heavy atom. The molecule has 0 aliphatic carbocycles. The quantitative estimate of drug-likeness (QED) is 0.807. The fraction of sp³-hybridized carbons (Fsp3) is 0.238. The van der Waals surface area contributed by atoms with Crippen molar-refractivity contribution in [1.29, 1.82) is 0 Å². The number of hydrogen-bond donors (Lipinski definition) is 1. The summed E-state index contributed by atoms with van der Waals surface area (Å²) in [5.74, 6) is 3.43. The maximum Gasteiger partial charge on any atom is 0.417 e. The molecule has 1 saturated heterocycles. The molecule has 1 aliphatic rings. The average Bonchev–Trinajstić information content (AvgIpc) is 3.16. The van der Waals surface area contributed by atoms with Gasteiger partial charge in [-0.05, 0) is 29.7 Å². The number of primary amides is 1. The van der Waals surface area contributed by atoms with Gasteiger partial charge < -0.3 is 10.6 Å². The predicted octanol–water partition coefficient (Wildman–Crippen LogP) is 3.06. The maximum absolute atomic E-state index is 13.5. The predicted molar refractivity (Wildman–Crippen MR) is 97.6 cm³/mol. The van der Waals surface area contributed by atoms with E-state index in [9.17, 15) is 22.8 Å². The summed E-state index contributed by atoms with van der Waals surface area (Å²) in [6.07, 6.45) is -4.09. The molecule has 28 heavy (non-hydrogen) atoms. The van der Waals surface area contributed by atoms with Crippen LogP contribution in [0.25, 0.3) is 11.1 Å².